The van der Waals surface area contributed by atoms with E-state index in [2.05, 4.69) is 11.4 Å². The van der Waals surface area contributed by atoms with Crippen LogP contribution in [-0.2, 0) is 29.0 Å². The van der Waals surface area contributed by atoms with E-state index in [9.17, 15) is 36.4 Å². The van der Waals surface area contributed by atoms with Crippen molar-refractivity contribution < 1.29 is 31.1 Å². The Bertz CT molecular complexity index is 984. The van der Waals surface area contributed by atoms with Crippen LogP contribution in [0.4, 0.5) is 26.3 Å². The van der Waals surface area contributed by atoms with Crippen LogP contribution in [0.3, 0.4) is 0 Å². The van der Waals surface area contributed by atoms with Gasteiger partial charge in [0.2, 0.25) is 5.91 Å². The monoisotopic (exact) mass is 468 g/mol. The fourth-order valence-corrected chi connectivity index (χ4v) is 4.30. The number of carbonyl (C=O) groups excluding carboxylic acids is 1. The lowest BCUT2D eigenvalue weighted by Crippen LogP contribution is -2.43. The van der Waals surface area contributed by atoms with E-state index in [0.29, 0.717) is 37.8 Å². The summed E-state index contributed by atoms with van der Waals surface area (Å²) in [6.07, 6.45) is -7.99. The molecule has 0 heterocycles. The van der Waals surface area contributed by atoms with Gasteiger partial charge >= 0.3 is 12.4 Å². The van der Waals surface area contributed by atoms with Gasteiger partial charge in [0.25, 0.3) is 0 Å². The number of nitrogens with zero attached hydrogens (tertiary/aromatic N) is 1. The van der Waals surface area contributed by atoms with Gasteiger partial charge in [-0.2, -0.15) is 31.6 Å². The summed E-state index contributed by atoms with van der Waals surface area (Å²) in [7, 11) is 0. The summed E-state index contributed by atoms with van der Waals surface area (Å²) in [5, 5.41) is 11.9. The van der Waals surface area contributed by atoms with E-state index < -0.39 is 41.2 Å². The number of amides is 1. The van der Waals surface area contributed by atoms with E-state index in [0.717, 1.165) is 5.56 Å². The number of hydrogen-bond donors (Lipinski definition) is 1. The van der Waals surface area contributed by atoms with Gasteiger partial charge in [0, 0.05) is 17.9 Å². The second-order valence-electron chi connectivity index (χ2n) is 8.42. The molecule has 2 aromatic rings. The van der Waals surface area contributed by atoms with Gasteiger partial charge in [0.15, 0.2) is 0 Å². The fourth-order valence-electron chi connectivity index (χ4n) is 4.30. The molecule has 176 valence electrons. The molecule has 33 heavy (non-hydrogen) atoms. The molecule has 0 aromatic heterocycles. The zero-order valence-corrected chi connectivity index (χ0v) is 17.6. The normalized spacial score (nSPS) is 21.3. The van der Waals surface area contributed by atoms with Gasteiger partial charge in [-0.1, -0.05) is 30.3 Å². The van der Waals surface area contributed by atoms with Crippen molar-refractivity contribution in [3.8, 4) is 6.07 Å². The number of rotatable bonds is 5. The Balaban J connectivity index is 1.78. The van der Waals surface area contributed by atoms with E-state index >= 15 is 0 Å². The van der Waals surface area contributed by atoms with Gasteiger partial charge in [-0.3, -0.25) is 4.79 Å². The van der Waals surface area contributed by atoms with E-state index in [1.165, 1.54) is 0 Å². The van der Waals surface area contributed by atoms with E-state index in [4.69, 9.17) is 0 Å². The minimum atomic E-state index is -4.97. The molecular formula is C24H22F6N2O. The summed E-state index contributed by atoms with van der Waals surface area (Å²) < 4.78 is 78.4. The van der Waals surface area contributed by atoms with Crippen molar-refractivity contribution in [3.63, 3.8) is 0 Å². The quantitative estimate of drug-likeness (QED) is 0.545. The van der Waals surface area contributed by atoms with Gasteiger partial charge in [-0.25, -0.2) is 0 Å². The van der Waals surface area contributed by atoms with Crippen LogP contribution in [-0.4, -0.2) is 12.5 Å². The predicted octanol–water partition coefficient (Wildman–Crippen LogP) is 6.03. The molecule has 3 nitrogen and oxygen atoms in total. The highest BCUT2D eigenvalue weighted by molar-refractivity contribution is 5.78. The number of nitrogens with one attached hydrogen (secondary N) is 1. The van der Waals surface area contributed by atoms with Crippen LogP contribution >= 0.6 is 0 Å². The Morgan fingerprint density at radius 2 is 1.52 bits per heavy atom. The maximum absolute atomic E-state index is 13.1. The van der Waals surface area contributed by atoms with Crippen LogP contribution < -0.4 is 5.32 Å². The number of nitriles is 1. The van der Waals surface area contributed by atoms with Crippen molar-refractivity contribution >= 4 is 5.91 Å². The van der Waals surface area contributed by atoms with Gasteiger partial charge in [0.05, 0.1) is 23.6 Å². The highest BCUT2D eigenvalue weighted by atomic mass is 19.4. The zero-order valence-electron chi connectivity index (χ0n) is 17.6. The van der Waals surface area contributed by atoms with Crippen LogP contribution in [0.25, 0.3) is 0 Å². The zero-order chi connectivity index (χ0) is 24.3. The predicted molar refractivity (Wildman–Crippen MR) is 109 cm³/mol. The lowest BCUT2D eigenvalue weighted by atomic mass is 9.67. The summed E-state index contributed by atoms with van der Waals surface area (Å²) in [6.45, 7) is 0.180. The van der Waals surface area contributed by atoms with Crippen molar-refractivity contribution in [2.24, 2.45) is 5.92 Å². The third-order valence-corrected chi connectivity index (χ3v) is 6.15. The molecule has 0 aliphatic heterocycles. The van der Waals surface area contributed by atoms with Gasteiger partial charge in [-0.05, 0) is 55.0 Å². The molecule has 0 radical (unpaired) electrons. The molecule has 0 atom stereocenters. The highest BCUT2D eigenvalue weighted by Gasteiger charge is 2.38. The van der Waals surface area contributed by atoms with Crippen LogP contribution in [0.1, 0.15) is 47.9 Å². The molecule has 0 bridgehead atoms. The lowest BCUT2D eigenvalue weighted by molar-refractivity contribution is -0.143. The molecule has 1 amide bonds. The van der Waals surface area contributed by atoms with E-state index in [-0.39, 0.29) is 24.1 Å². The summed E-state index contributed by atoms with van der Waals surface area (Å²) in [6, 6.07) is 12.8. The first-order valence-electron chi connectivity index (χ1n) is 10.4. The molecule has 2 aromatic carbocycles. The van der Waals surface area contributed by atoms with Crippen LogP contribution in [0.2, 0.25) is 0 Å². The Hall–Kier alpha value is -3.02. The molecule has 3 rings (SSSR count). The maximum Gasteiger partial charge on any atom is 0.416 e. The van der Waals surface area contributed by atoms with Crippen LogP contribution in [0.5, 0.6) is 0 Å². The number of hydrogen-bond acceptors (Lipinski definition) is 2. The van der Waals surface area contributed by atoms with Crippen molar-refractivity contribution in [2.75, 3.05) is 6.54 Å². The smallest absolute Gasteiger partial charge is 0.355 e. The summed E-state index contributed by atoms with van der Waals surface area (Å²) in [5.74, 6) is -0.747. The summed E-state index contributed by atoms with van der Waals surface area (Å²) in [4.78, 5) is 12.5. The number of halogens is 6. The molecule has 0 saturated heterocycles. The van der Waals surface area contributed by atoms with Gasteiger partial charge in [-0.15, -0.1) is 0 Å². The van der Waals surface area contributed by atoms with Gasteiger partial charge < -0.3 is 5.32 Å². The lowest BCUT2D eigenvalue weighted by Gasteiger charge is -2.39. The first-order chi connectivity index (χ1) is 15.4. The van der Waals surface area contributed by atoms with Crippen LogP contribution in [0, 0.1) is 17.2 Å². The third-order valence-electron chi connectivity index (χ3n) is 6.15. The molecular weight excluding hydrogens is 446 g/mol. The topological polar surface area (TPSA) is 52.9 Å². The summed E-state index contributed by atoms with van der Waals surface area (Å²) in [5.41, 5.74) is -2.74. The first-order valence-corrected chi connectivity index (χ1v) is 10.4. The third kappa shape index (κ3) is 6.06. The molecule has 1 fully saturated rings. The van der Waals surface area contributed by atoms with E-state index in [1.54, 1.807) is 0 Å². The largest absolute Gasteiger partial charge is 0.416 e. The number of benzene rings is 2. The summed E-state index contributed by atoms with van der Waals surface area (Å²) >= 11 is 0. The van der Waals surface area contributed by atoms with Crippen molar-refractivity contribution in [1.29, 1.82) is 5.26 Å². The average Bonchev–Trinajstić information content (AvgIpc) is 2.77. The molecule has 1 N–H and O–H groups in total. The van der Waals surface area contributed by atoms with Crippen LogP contribution in [0.15, 0.2) is 48.5 Å². The fraction of sp³-hybridized carbons (Fsp3) is 0.417. The SMILES string of the molecule is N#CC1CCC(CNC(=O)Cc2cc(C(F)(F)F)cc(C(F)(F)F)c2)(c2ccccc2)CC1. The number of carbonyl (C=O) groups is 1. The van der Waals surface area contributed by atoms with E-state index in [1.807, 2.05) is 30.3 Å². The van der Waals surface area contributed by atoms with Crippen molar-refractivity contribution in [2.45, 2.75) is 49.9 Å². The molecule has 9 heteroatoms. The Labute approximate surface area is 187 Å². The standard InChI is InChI=1S/C24H22F6N2O/c25-23(26,27)19-10-17(11-20(13-19)24(28,29)30)12-21(33)32-15-22(18-4-2-1-3-5-18)8-6-16(14-31)7-9-22/h1-5,10-11,13,16H,6-9,12,15H2,(H,32,33). The van der Waals surface area contributed by atoms with Gasteiger partial charge in [0.1, 0.15) is 0 Å². The Kier molecular flexibility index (Phi) is 7.06. The molecule has 1 aliphatic carbocycles. The Morgan fingerprint density at radius 3 is 2.00 bits per heavy atom. The first kappa shape index (κ1) is 24.6. The van der Waals surface area contributed by atoms with Crippen molar-refractivity contribution in [3.05, 3.63) is 70.8 Å². The van der Waals surface area contributed by atoms with Crippen molar-refractivity contribution in [1.82, 2.24) is 5.32 Å². The molecule has 1 saturated carbocycles. The molecule has 0 unspecified atom stereocenters. The highest BCUT2D eigenvalue weighted by Crippen LogP contribution is 2.41. The Morgan fingerprint density at radius 1 is 0.970 bits per heavy atom. The second-order valence-corrected chi connectivity index (χ2v) is 8.42. The average molecular weight is 468 g/mol. The maximum atomic E-state index is 13.1. The molecule has 1 aliphatic rings. The second kappa shape index (κ2) is 9.46. The minimum absolute atomic E-state index is 0.0411. The number of alkyl halides is 6. The molecule has 0 spiro atoms. The minimum Gasteiger partial charge on any atom is -0.355 e.